The number of hydrogen-bond acceptors (Lipinski definition) is 3. The number of carbonyl (C=O) groups is 1. The molecule has 2 aromatic rings. The van der Waals surface area contributed by atoms with Gasteiger partial charge in [0.25, 0.3) is 5.91 Å². The summed E-state index contributed by atoms with van der Waals surface area (Å²) in [7, 11) is 0. The molecule has 0 saturated heterocycles. The van der Waals surface area contributed by atoms with Gasteiger partial charge in [-0.2, -0.15) is 0 Å². The second-order valence-electron chi connectivity index (χ2n) is 5.88. The third-order valence-electron chi connectivity index (χ3n) is 3.24. The number of hydrogen-bond donors (Lipinski definition) is 2. The van der Waals surface area contributed by atoms with Crippen LogP contribution in [0.15, 0.2) is 42.6 Å². The van der Waals surface area contributed by atoms with Crippen LogP contribution in [0.3, 0.4) is 0 Å². The van der Waals surface area contributed by atoms with E-state index in [0.717, 1.165) is 17.8 Å². The van der Waals surface area contributed by atoms with Crippen LogP contribution in [0.1, 0.15) is 35.5 Å². The smallest absolute Gasteiger partial charge is 0.270 e. The quantitative estimate of drug-likeness (QED) is 0.859. The first-order valence-electron chi connectivity index (χ1n) is 7.58. The van der Waals surface area contributed by atoms with Crippen LogP contribution in [0.4, 0.5) is 5.69 Å². The number of rotatable bonds is 6. The molecule has 1 aromatic heterocycles. The molecule has 0 radical (unpaired) electrons. The van der Waals surface area contributed by atoms with E-state index in [0.29, 0.717) is 18.2 Å². The van der Waals surface area contributed by atoms with Crippen molar-refractivity contribution in [2.75, 3.05) is 11.9 Å². The van der Waals surface area contributed by atoms with Gasteiger partial charge in [-0.15, -0.1) is 0 Å². The average Bonchev–Trinajstić information content (AvgIpc) is 2.51. The molecule has 2 rings (SSSR count). The van der Waals surface area contributed by atoms with E-state index in [1.54, 1.807) is 12.3 Å². The van der Waals surface area contributed by atoms with Crippen molar-refractivity contribution in [3.63, 3.8) is 0 Å². The van der Waals surface area contributed by atoms with Gasteiger partial charge in [0.1, 0.15) is 5.69 Å². The lowest BCUT2D eigenvalue weighted by molar-refractivity contribution is 0.0946. The van der Waals surface area contributed by atoms with Gasteiger partial charge in [0.2, 0.25) is 0 Å². The number of amides is 1. The van der Waals surface area contributed by atoms with Crippen molar-refractivity contribution in [3.8, 4) is 0 Å². The van der Waals surface area contributed by atoms with Crippen LogP contribution in [0.2, 0.25) is 0 Å². The topological polar surface area (TPSA) is 54.0 Å². The van der Waals surface area contributed by atoms with Crippen molar-refractivity contribution in [1.82, 2.24) is 10.3 Å². The Bertz CT molecular complexity index is 638. The zero-order valence-electron chi connectivity index (χ0n) is 13.4. The number of nitrogens with one attached hydrogen (secondary N) is 2. The molecule has 116 valence electrons. The van der Waals surface area contributed by atoms with Crippen LogP contribution in [-0.4, -0.2) is 17.4 Å². The molecule has 0 aliphatic rings. The first-order chi connectivity index (χ1) is 10.5. The Morgan fingerprint density at radius 1 is 1.23 bits per heavy atom. The molecule has 0 aliphatic carbocycles. The van der Waals surface area contributed by atoms with E-state index >= 15 is 0 Å². The van der Waals surface area contributed by atoms with Crippen LogP contribution in [0.25, 0.3) is 0 Å². The Labute approximate surface area is 132 Å². The predicted molar refractivity (Wildman–Crippen MR) is 89.9 cm³/mol. The molecule has 0 atom stereocenters. The fourth-order valence-corrected chi connectivity index (χ4v) is 2.08. The maximum Gasteiger partial charge on any atom is 0.270 e. The van der Waals surface area contributed by atoms with E-state index in [9.17, 15) is 4.79 Å². The van der Waals surface area contributed by atoms with Crippen molar-refractivity contribution in [2.24, 2.45) is 5.92 Å². The highest BCUT2D eigenvalue weighted by Crippen LogP contribution is 2.09. The molecule has 0 aliphatic heterocycles. The highest BCUT2D eigenvalue weighted by molar-refractivity contribution is 5.93. The average molecular weight is 297 g/mol. The van der Waals surface area contributed by atoms with Gasteiger partial charge in [-0.3, -0.25) is 9.78 Å². The largest absolute Gasteiger partial charge is 0.385 e. The molecule has 1 aromatic carbocycles. The molecular formula is C18H23N3O. The Morgan fingerprint density at radius 2 is 2.05 bits per heavy atom. The highest BCUT2D eigenvalue weighted by atomic mass is 16.1. The summed E-state index contributed by atoms with van der Waals surface area (Å²) in [4.78, 5) is 16.3. The van der Waals surface area contributed by atoms with E-state index in [-0.39, 0.29) is 5.91 Å². The van der Waals surface area contributed by atoms with Crippen LogP contribution in [0.5, 0.6) is 0 Å². The first kappa shape index (κ1) is 16.0. The van der Waals surface area contributed by atoms with E-state index in [2.05, 4.69) is 35.5 Å². The maximum absolute atomic E-state index is 12.2. The Hall–Kier alpha value is -2.36. The van der Waals surface area contributed by atoms with Crippen molar-refractivity contribution in [1.29, 1.82) is 0 Å². The lowest BCUT2D eigenvalue weighted by atomic mass is 10.1. The number of pyridine rings is 1. The van der Waals surface area contributed by atoms with Gasteiger partial charge in [-0.05, 0) is 30.5 Å². The minimum Gasteiger partial charge on any atom is -0.385 e. The minimum absolute atomic E-state index is 0.158. The van der Waals surface area contributed by atoms with Crippen molar-refractivity contribution < 1.29 is 4.79 Å². The van der Waals surface area contributed by atoms with Crippen molar-refractivity contribution >= 4 is 11.6 Å². The van der Waals surface area contributed by atoms with Gasteiger partial charge in [0, 0.05) is 25.0 Å². The van der Waals surface area contributed by atoms with Crippen molar-refractivity contribution in [2.45, 2.75) is 27.3 Å². The summed E-state index contributed by atoms with van der Waals surface area (Å²) in [5.41, 5.74) is 3.62. The lowest BCUT2D eigenvalue weighted by Crippen LogP contribution is -2.24. The monoisotopic (exact) mass is 297 g/mol. The summed E-state index contributed by atoms with van der Waals surface area (Å²) in [6.07, 6.45) is 1.66. The normalized spacial score (nSPS) is 10.5. The number of aromatic nitrogens is 1. The van der Waals surface area contributed by atoms with Crippen LogP contribution in [-0.2, 0) is 6.54 Å². The number of anilines is 1. The lowest BCUT2D eigenvalue weighted by Gasteiger charge is -2.10. The molecule has 2 N–H and O–H groups in total. The zero-order valence-corrected chi connectivity index (χ0v) is 13.4. The summed E-state index contributed by atoms with van der Waals surface area (Å²) >= 11 is 0. The number of carbonyl (C=O) groups excluding carboxylic acids is 1. The number of nitrogens with zero attached hydrogens (tertiary/aromatic N) is 1. The van der Waals surface area contributed by atoms with Crippen LogP contribution >= 0.6 is 0 Å². The van der Waals surface area contributed by atoms with Gasteiger partial charge in [0.05, 0.1) is 0 Å². The summed E-state index contributed by atoms with van der Waals surface area (Å²) in [6.45, 7) is 7.70. The van der Waals surface area contributed by atoms with Crippen LogP contribution in [0, 0.1) is 12.8 Å². The van der Waals surface area contributed by atoms with E-state index in [1.165, 1.54) is 5.56 Å². The fraction of sp³-hybridized carbons (Fsp3) is 0.333. The van der Waals surface area contributed by atoms with Gasteiger partial charge >= 0.3 is 0 Å². The molecule has 22 heavy (non-hydrogen) atoms. The standard InChI is InChI=1S/C18H23N3O/c1-13(2)11-20-16-7-8-19-17(10-16)18(22)21-12-15-6-4-5-14(3)9-15/h4-10,13H,11-12H2,1-3H3,(H,19,20)(H,21,22). The maximum atomic E-state index is 12.2. The summed E-state index contributed by atoms with van der Waals surface area (Å²) in [5.74, 6) is 0.390. The molecule has 1 heterocycles. The van der Waals surface area contributed by atoms with Crippen molar-refractivity contribution in [3.05, 3.63) is 59.4 Å². The third-order valence-corrected chi connectivity index (χ3v) is 3.24. The molecule has 0 fully saturated rings. The molecule has 0 saturated carbocycles. The predicted octanol–water partition coefficient (Wildman–Crippen LogP) is 3.39. The van der Waals surface area contributed by atoms with Gasteiger partial charge in [0.15, 0.2) is 0 Å². The van der Waals surface area contributed by atoms with E-state index in [1.807, 2.05) is 31.2 Å². The van der Waals surface area contributed by atoms with Crippen LogP contribution < -0.4 is 10.6 Å². The van der Waals surface area contributed by atoms with E-state index < -0.39 is 0 Å². The molecule has 0 spiro atoms. The number of benzene rings is 1. The molecule has 0 unspecified atom stereocenters. The molecule has 1 amide bonds. The molecular weight excluding hydrogens is 274 g/mol. The summed E-state index contributed by atoms with van der Waals surface area (Å²) in [5, 5.41) is 6.21. The first-order valence-corrected chi connectivity index (χ1v) is 7.58. The second kappa shape index (κ2) is 7.59. The third kappa shape index (κ3) is 4.88. The molecule has 4 heteroatoms. The zero-order chi connectivity index (χ0) is 15.9. The fourth-order valence-electron chi connectivity index (χ4n) is 2.08. The summed E-state index contributed by atoms with van der Waals surface area (Å²) in [6, 6.07) is 11.8. The van der Waals surface area contributed by atoms with Gasteiger partial charge < -0.3 is 10.6 Å². The Morgan fingerprint density at radius 3 is 2.77 bits per heavy atom. The van der Waals surface area contributed by atoms with E-state index in [4.69, 9.17) is 0 Å². The van der Waals surface area contributed by atoms with Gasteiger partial charge in [-0.1, -0.05) is 43.7 Å². The number of aryl methyl sites for hydroxylation is 1. The SMILES string of the molecule is Cc1cccc(CNC(=O)c2cc(NCC(C)C)ccn2)c1. The highest BCUT2D eigenvalue weighted by Gasteiger charge is 2.08. The van der Waals surface area contributed by atoms with Gasteiger partial charge in [-0.25, -0.2) is 0 Å². The Kier molecular flexibility index (Phi) is 5.53. The minimum atomic E-state index is -0.158. The molecule has 4 nitrogen and oxygen atoms in total. The Balaban J connectivity index is 1.96. The second-order valence-corrected chi connectivity index (χ2v) is 5.88. The molecule has 0 bridgehead atoms. The summed E-state index contributed by atoms with van der Waals surface area (Å²) < 4.78 is 0.